The Morgan fingerprint density at radius 2 is 1.90 bits per heavy atom. The number of aliphatic hydroxyl groups excluding tert-OH is 1. The third kappa shape index (κ3) is 4.35. The monoisotopic (exact) mass is 288 g/mol. The maximum atomic E-state index is 11.5. The molecule has 110 valence electrons. The summed E-state index contributed by atoms with van der Waals surface area (Å²) in [5, 5.41) is 17.9. The number of carbonyl (C=O) groups is 2. The summed E-state index contributed by atoms with van der Waals surface area (Å²) in [6.07, 6.45) is 3.30. The predicted molar refractivity (Wildman–Crippen MR) is 77.9 cm³/mol. The Morgan fingerprint density at radius 3 is 2.33 bits per heavy atom. The summed E-state index contributed by atoms with van der Waals surface area (Å²) in [7, 11) is 0. The van der Waals surface area contributed by atoms with Crippen molar-refractivity contribution in [3.63, 3.8) is 0 Å². The minimum absolute atomic E-state index is 0.00894. The van der Waals surface area contributed by atoms with Crippen LogP contribution in [0.1, 0.15) is 22.8 Å². The smallest absolute Gasteiger partial charge is 0.335 e. The SMILES string of the molecule is C=CC(=O)C(=C/O)/C(=C\C)OCc1ccc(C(=O)O)cc1. The zero-order chi connectivity index (χ0) is 15.8. The Hall–Kier alpha value is -2.82. The first-order valence-electron chi connectivity index (χ1n) is 6.16. The number of ether oxygens (including phenoxy) is 1. The average Bonchev–Trinajstić information content (AvgIpc) is 2.51. The van der Waals surface area contributed by atoms with Gasteiger partial charge in [-0.05, 0) is 36.8 Å². The van der Waals surface area contributed by atoms with E-state index in [4.69, 9.17) is 14.9 Å². The van der Waals surface area contributed by atoms with Crippen LogP contribution in [0.25, 0.3) is 0 Å². The second-order valence-electron chi connectivity index (χ2n) is 4.05. The Balaban J connectivity index is 2.78. The van der Waals surface area contributed by atoms with Crippen LogP contribution >= 0.6 is 0 Å². The van der Waals surface area contributed by atoms with Crippen LogP contribution in [0.5, 0.6) is 0 Å². The molecule has 0 saturated carbocycles. The molecule has 0 aliphatic carbocycles. The molecule has 5 nitrogen and oxygen atoms in total. The number of benzene rings is 1. The van der Waals surface area contributed by atoms with Gasteiger partial charge in [0.1, 0.15) is 12.4 Å². The van der Waals surface area contributed by atoms with Crippen molar-refractivity contribution >= 4 is 11.8 Å². The van der Waals surface area contributed by atoms with E-state index in [1.807, 2.05) is 0 Å². The number of allylic oxidation sites excluding steroid dienone is 3. The summed E-state index contributed by atoms with van der Waals surface area (Å²) in [6.45, 7) is 5.16. The fourth-order valence-corrected chi connectivity index (χ4v) is 1.58. The van der Waals surface area contributed by atoms with Gasteiger partial charge in [-0.15, -0.1) is 0 Å². The van der Waals surface area contributed by atoms with Crippen molar-refractivity contribution < 1.29 is 24.5 Å². The van der Waals surface area contributed by atoms with Gasteiger partial charge in [-0.2, -0.15) is 0 Å². The standard InChI is InChI=1S/C16H16O5/c1-3-14(18)13(9-17)15(4-2)21-10-11-5-7-12(8-6-11)16(19)20/h3-9,17H,1,10H2,2H3,(H,19,20)/b13-9-,15-4+. The van der Waals surface area contributed by atoms with Gasteiger partial charge in [-0.25, -0.2) is 4.79 Å². The van der Waals surface area contributed by atoms with Crippen LogP contribution in [-0.4, -0.2) is 22.0 Å². The second-order valence-corrected chi connectivity index (χ2v) is 4.05. The normalized spacial score (nSPS) is 11.9. The highest BCUT2D eigenvalue weighted by atomic mass is 16.5. The number of ketones is 1. The molecule has 0 atom stereocenters. The summed E-state index contributed by atoms with van der Waals surface area (Å²) in [6, 6.07) is 6.17. The van der Waals surface area contributed by atoms with Crippen LogP contribution < -0.4 is 0 Å². The minimum atomic E-state index is -1.00. The molecular formula is C16H16O5. The van der Waals surface area contributed by atoms with Crippen LogP contribution in [0.3, 0.4) is 0 Å². The van der Waals surface area contributed by atoms with Crippen molar-refractivity contribution in [1.82, 2.24) is 0 Å². The molecule has 0 amide bonds. The number of hydrogen-bond donors (Lipinski definition) is 2. The van der Waals surface area contributed by atoms with E-state index in [0.29, 0.717) is 6.26 Å². The summed E-state index contributed by atoms with van der Waals surface area (Å²) >= 11 is 0. The molecule has 0 aromatic heterocycles. The number of carboxylic acids is 1. The van der Waals surface area contributed by atoms with Crippen LogP contribution in [0.4, 0.5) is 0 Å². The van der Waals surface area contributed by atoms with Crippen LogP contribution in [0.15, 0.2) is 60.6 Å². The van der Waals surface area contributed by atoms with Crippen LogP contribution in [0, 0.1) is 0 Å². The Bertz CT molecular complexity index is 594. The van der Waals surface area contributed by atoms with E-state index in [1.54, 1.807) is 25.1 Å². The van der Waals surface area contributed by atoms with E-state index in [9.17, 15) is 9.59 Å². The topological polar surface area (TPSA) is 83.8 Å². The van der Waals surface area contributed by atoms with Gasteiger partial charge in [0.2, 0.25) is 0 Å². The van der Waals surface area contributed by atoms with Gasteiger partial charge in [-0.3, -0.25) is 4.79 Å². The van der Waals surface area contributed by atoms with Crippen LogP contribution in [-0.2, 0) is 16.1 Å². The first kappa shape index (κ1) is 16.2. The lowest BCUT2D eigenvalue weighted by atomic mass is 10.1. The fraction of sp³-hybridized carbons (Fsp3) is 0.125. The molecule has 0 heterocycles. The zero-order valence-corrected chi connectivity index (χ0v) is 11.6. The third-order valence-electron chi connectivity index (χ3n) is 2.70. The largest absolute Gasteiger partial charge is 0.515 e. The van der Waals surface area contributed by atoms with E-state index in [1.165, 1.54) is 12.1 Å². The lowest BCUT2D eigenvalue weighted by Gasteiger charge is -2.11. The van der Waals surface area contributed by atoms with Crippen molar-refractivity contribution in [3.8, 4) is 0 Å². The fourth-order valence-electron chi connectivity index (χ4n) is 1.58. The summed E-state index contributed by atoms with van der Waals surface area (Å²) in [5.41, 5.74) is 0.931. The quantitative estimate of drug-likeness (QED) is 0.458. The molecular weight excluding hydrogens is 272 g/mol. The number of aliphatic hydroxyl groups is 1. The van der Waals surface area contributed by atoms with E-state index in [-0.39, 0.29) is 23.5 Å². The highest BCUT2D eigenvalue weighted by Gasteiger charge is 2.13. The molecule has 0 radical (unpaired) electrons. The summed E-state index contributed by atoms with van der Waals surface area (Å²) in [5.74, 6) is -1.23. The number of carbonyl (C=O) groups excluding carboxylic acids is 1. The van der Waals surface area contributed by atoms with E-state index >= 15 is 0 Å². The van der Waals surface area contributed by atoms with Gasteiger partial charge in [0.25, 0.3) is 0 Å². The van der Waals surface area contributed by atoms with Crippen LogP contribution in [0.2, 0.25) is 0 Å². The minimum Gasteiger partial charge on any atom is -0.515 e. The van der Waals surface area contributed by atoms with Crippen molar-refractivity contribution in [2.24, 2.45) is 0 Å². The molecule has 0 unspecified atom stereocenters. The molecule has 1 aromatic carbocycles. The predicted octanol–water partition coefficient (Wildman–Crippen LogP) is 3.00. The van der Waals surface area contributed by atoms with Crippen molar-refractivity contribution in [2.75, 3.05) is 0 Å². The number of carboxylic acid groups (broad SMARTS) is 1. The third-order valence-corrected chi connectivity index (χ3v) is 2.70. The molecule has 0 bridgehead atoms. The Kier molecular flexibility index (Phi) is 5.95. The Labute approximate surface area is 122 Å². The number of hydrogen-bond acceptors (Lipinski definition) is 4. The molecule has 5 heteroatoms. The van der Waals surface area contributed by atoms with Gasteiger partial charge < -0.3 is 14.9 Å². The molecule has 1 rings (SSSR count). The molecule has 0 spiro atoms. The maximum absolute atomic E-state index is 11.5. The van der Waals surface area contributed by atoms with Crippen molar-refractivity contribution in [1.29, 1.82) is 0 Å². The van der Waals surface area contributed by atoms with E-state index in [0.717, 1.165) is 11.6 Å². The molecule has 0 aliphatic heterocycles. The molecule has 0 fully saturated rings. The van der Waals surface area contributed by atoms with Gasteiger partial charge in [0.05, 0.1) is 17.4 Å². The highest BCUT2D eigenvalue weighted by Crippen LogP contribution is 2.16. The first-order chi connectivity index (χ1) is 10.0. The first-order valence-corrected chi connectivity index (χ1v) is 6.16. The Morgan fingerprint density at radius 1 is 1.29 bits per heavy atom. The van der Waals surface area contributed by atoms with Gasteiger partial charge in [0.15, 0.2) is 5.78 Å². The van der Waals surface area contributed by atoms with E-state index in [2.05, 4.69) is 6.58 Å². The van der Waals surface area contributed by atoms with Crippen molar-refractivity contribution in [2.45, 2.75) is 13.5 Å². The summed E-state index contributed by atoms with van der Waals surface area (Å²) < 4.78 is 5.47. The lowest BCUT2D eigenvalue weighted by molar-refractivity contribution is -0.111. The maximum Gasteiger partial charge on any atom is 0.335 e. The van der Waals surface area contributed by atoms with Crippen molar-refractivity contribution in [3.05, 3.63) is 71.7 Å². The molecule has 0 saturated heterocycles. The van der Waals surface area contributed by atoms with E-state index < -0.39 is 11.8 Å². The zero-order valence-electron chi connectivity index (χ0n) is 11.6. The second kappa shape index (κ2) is 7.69. The lowest BCUT2D eigenvalue weighted by Crippen LogP contribution is -2.05. The average molecular weight is 288 g/mol. The number of aromatic carboxylic acids is 1. The van der Waals surface area contributed by atoms with Gasteiger partial charge in [0, 0.05) is 0 Å². The molecule has 0 aliphatic rings. The van der Waals surface area contributed by atoms with Gasteiger partial charge in [-0.1, -0.05) is 18.7 Å². The number of rotatable bonds is 7. The van der Waals surface area contributed by atoms with Gasteiger partial charge >= 0.3 is 5.97 Å². The molecule has 1 aromatic rings. The molecule has 21 heavy (non-hydrogen) atoms. The summed E-state index contributed by atoms with van der Waals surface area (Å²) in [4.78, 5) is 22.3. The highest BCUT2D eigenvalue weighted by molar-refractivity contribution is 6.06. The molecule has 2 N–H and O–H groups in total.